The van der Waals surface area contributed by atoms with Crippen molar-refractivity contribution in [1.82, 2.24) is 5.32 Å². The van der Waals surface area contributed by atoms with E-state index in [0.717, 1.165) is 36.8 Å². The number of methoxy groups -OCH3 is 2. The Bertz CT molecular complexity index is 874. The Morgan fingerprint density at radius 2 is 1.83 bits per heavy atom. The Morgan fingerprint density at radius 1 is 1.10 bits per heavy atom. The molecule has 0 aliphatic heterocycles. The minimum atomic E-state index is -0.727. The van der Waals surface area contributed by atoms with Crippen LogP contribution in [-0.4, -0.2) is 32.8 Å². The Balaban J connectivity index is 1.80. The number of benzene rings is 2. The maximum Gasteiger partial charge on any atom is 0.254 e. The van der Waals surface area contributed by atoms with Crippen LogP contribution in [0.15, 0.2) is 48.5 Å². The molecule has 0 bridgehead atoms. The third-order valence-electron chi connectivity index (χ3n) is 5.60. The summed E-state index contributed by atoms with van der Waals surface area (Å²) in [5, 5.41) is 3.24. The number of nitrogens with one attached hydrogen (secondary N) is 1. The fourth-order valence-electron chi connectivity index (χ4n) is 4.13. The predicted octanol–water partition coefficient (Wildman–Crippen LogP) is 4.24. The van der Waals surface area contributed by atoms with E-state index in [9.17, 15) is 4.79 Å². The zero-order valence-corrected chi connectivity index (χ0v) is 17.6. The van der Waals surface area contributed by atoms with Gasteiger partial charge in [-0.05, 0) is 36.1 Å². The molecule has 5 heteroatoms. The number of ether oxygens (including phenoxy) is 3. The predicted molar refractivity (Wildman–Crippen MR) is 117 cm³/mol. The van der Waals surface area contributed by atoms with Gasteiger partial charge in [0.15, 0.2) is 17.6 Å². The van der Waals surface area contributed by atoms with E-state index < -0.39 is 6.10 Å². The maximum atomic E-state index is 13.2. The van der Waals surface area contributed by atoms with Crippen molar-refractivity contribution in [3.63, 3.8) is 0 Å². The van der Waals surface area contributed by atoms with Crippen molar-refractivity contribution in [2.45, 2.75) is 43.7 Å². The van der Waals surface area contributed by atoms with Crippen LogP contribution in [0, 0.1) is 12.3 Å². The highest BCUT2D eigenvalue weighted by Gasteiger charge is 2.31. The van der Waals surface area contributed by atoms with E-state index in [-0.39, 0.29) is 24.5 Å². The zero-order valence-electron chi connectivity index (χ0n) is 17.6. The van der Waals surface area contributed by atoms with E-state index in [1.165, 1.54) is 0 Å². The fraction of sp³-hybridized carbons (Fsp3) is 0.400. The second-order valence-electron chi connectivity index (χ2n) is 7.43. The molecule has 1 saturated carbocycles. The molecular formula is C25H29NO4. The standard InChI is InChI=1S/C25H29NO4/c1-4-16-30-24(18-10-6-5-7-11-18)25(27)26-21-13-9-8-12-20(21)19-14-15-22(28-2)23(17-19)29-3/h1,5-7,10-11,14-15,17,20-21,24H,8-9,12-13,16H2,2-3H3,(H,26,27)/t20-,21+,24?/m0/s1. The molecule has 1 N–H and O–H groups in total. The largest absolute Gasteiger partial charge is 0.493 e. The summed E-state index contributed by atoms with van der Waals surface area (Å²) in [5.41, 5.74) is 1.93. The highest BCUT2D eigenvalue weighted by Crippen LogP contribution is 2.37. The van der Waals surface area contributed by atoms with Gasteiger partial charge in [0.2, 0.25) is 0 Å². The number of carbonyl (C=O) groups is 1. The summed E-state index contributed by atoms with van der Waals surface area (Å²) < 4.78 is 16.5. The first-order valence-electron chi connectivity index (χ1n) is 10.3. The SMILES string of the molecule is C#CCOC(C(=O)N[C@@H]1CCCC[C@H]1c1ccc(OC)c(OC)c1)c1ccccc1. The van der Waals surface area contributed by atoms with Crippen molar-refractivity contribution in [2.75, 3.05) is 20.8 Å². The smallest absolute Gasteiger partial charge is 0.254 e. The van der Waals surface area contributed by atoms with Gasteiger partial charge in [0.05, 0.1) is 14.2 Å². The lowest BCUT2D eigenvalue weighted by Crippen LogP contribution is -2.43. The summed E-state index contributed by atoms with van der Waals surface area (Å²) in [5.74, 6) is 3.90. The molecule has 2 aromatic rings. The average molecular weight is 408 g/mol. The Hall–Kier alpha value is -2.97. The molecule has 158 valence electrons. The summed E-state index contributed by atoms with van der Waals surface area (Å²) in [6.45, 7) is 0.0801. The summed E-state index contributed by atoms with van der Waals surface area (Å²) in [6, 6.07) is 15.5. The second kappa shape index (κ2) is 10.7. The quantitative estimate of drug-likeness (QED) is 0.665. The van der Waals surface area contributed by atoms with Crippen molar-refractivity contribution < 1.29 is 19.0 Å². The Labute approximate surface area is 178 Å². The van der Waals surface area contributed by atoms with Crippen LogP contribution in [0.25, 0.3) is 0 Å². The number of amides is 1. The summed E-state index contributed by atoms with van der Waals surface area (Å²) in [7, 11) is 3.26. The lowest BCUT2D eigenvalue weighted by Gasteiger charge is -2.34. The van der Waals surface area contributed by atoms with Gasteiger partial charge < -0.3 is 19.5 Å². The maximum absolute atomic E-state index is 13.2. The summed E-state index contributed by atoms with van der Waals surface area (Å²) in [6.07, 6.45) is 8.76. The molecule has 0 heterocycles. The zero-order chi connectivity index (χ0) is 21.3. The minimum Gasteiger partial charge on any atom is -0.493 e. The molecule has 0 spiro atoms. The molecular weight excluding hydrogens is 378 g/mol. The molecule has 0 aromatic heterocycles. The van der Waals surface area contributed by atoms with Gasteiger partial charge in [0, 0.05) is 12.0 Å². The highest BCUT2D eigenvalue weighted by molar-refractivity contribution is 5.82. The van der Waals surface area contributed by atoms with Crippen molar-refractivity contribution in [3.8, 4) is 23.8 Å². The molecule has 2 aromatic carbocycles. The van der Waals surface area contributed by atoms with E-state index in [2.05, 4.69) is 17.3 Å². The topological polar surface area (TPSA) is 56.8 Å². The van der Waals surface area contributed by atoms with E-state index >= 15 is 0 Å². The molecule has 5 nitrogen and oxygen atoms in total. The van der Waals surface area contributed by atoms with Gasteiger partial charge in [0.1, 0.15) is 6.61 Å². The average Bonchev–Trinajstić information content (AvgIpc) is 2.80. The summed E-state index contributed by atoms with van der Waals surface area (Å²) in [4.78, 5) is 13.2. The number of terminal acetylenes is 1. The van der Waals surface area contributed by atoms with Gasteiger partial charge in [0.25, 0.3) is 5.91 Å². The van der Waals surface area contributed by atoms with Crippen LogP contribution in [-0.2, 0) is 9.53 Å². The molecule has 3 atom stereocenters. The van der Waals surface area contributed by atoms with Crippen LogP contribution in [0.5, 0.6) is 11.5 Å². The van der Waals surface area contributed by atoms with Gasteiger partial charge in [-0.3, -0.25) is 4.79 Å². The Kier molecular flexibility index (Phi) is 7.75. The number of carbonyl (C=O) groups excluding carboxylic acids is 1. The Morgan fingerprint density at radius 3 is 2.53 bits per heavy atom. The van der Waals surface area contributed by atoms with Crippen LogP contribution >= 0.6 is 0 Å². The normalized spacial score (nSPS) is 19.4. The van der Waals surface area contributed by atoms with Crippen LogP contribution in [0.1, 0.15) is 48.8 Å². The molecule has 1 aliphatic rings. The van der Waals surface area contributed by atoms with Crippen molar-refractivity contribution in [3.05, 3.63) is 59.7 Å². The lowest BCUT2D eigenvalue weighted by molar-refractivity contribution is -0.133. The van der Waals surface area contributed by atoms with E-state index in [4.69, 9.17) is 20.6 Å². The lowest BCUT2D eigenvalue weighted by atomic mass is 9.79. The van der Waals surface area contributed by atoms with Gasteiger partial charge in [-0.25, -0.2) is 0 Å². The van der Waals surface area contributed by atoms with E-state index in [1.807, 2.05) is 42.5 Å². The highest BCUT2D eigenvalue weighted by atomic mass is 16.5. The molecule has 1 aliphatic carbocycles. The fourth-order valence-corrected chi connectivity index (χ4v) is 4.13. The molecule has 3 rings (SSSR count). The first kappa shape index (κ1) is 21.7. The van der Waals surface area contributed by atoms with Crippen LogP contribution in [0.2, 0.25) is 0 Å². The molecule has 1 unspecified atom stereocenters. The molecule has 0 saturated heterocycles. The summed E-state index contributed by atoms with van der Waals surface area (Å²) >= 11 is 0. The number of hydrogen-bond acceptors (Lipinski definition) is 4. The van der Waals surface area contributed by atoms with Crippen LogP contribution in [0.3, 0.4) is 0 Å². The molecule has 30 heavy (non-hydrogen) atoms. The first-order chi connectivity index (χ1) is 14.7. The second-order valence-corrected chi connectivity index (χ2v) is 7.43. The van der Waals surface area contributed by atoms with Gasteiger partial charge in [-0.1, -0.05) is 55.2 Å². The minimum absolute atomic E-state index is 0.0185. The van der Waals surface area contributed by atoms with E-state index in [1.54, 1.807) is 14.2 Å². The van der Waals surface area contributed by atoms with Crippen LogP contribution < -0.4 is 14.8 Å². The van der Waals surface area contributed by atoms with Crippen molar-refractivity contribution in [2.24, 2.45) is 0 Å². The van der Waals surface area contributed by atoms with Crippen molar-refractivity contribution >= 4 is 5.91 Å². The first-order valence-corrected chi connectivity index (χ1v) is 10.3. The van der Waals surface area contributed by atoms with Gasteiger partial charge in [-0.15, -0.1) is 6.42 Å². The monoisotopic (exact) mass is 407 g/mol. The van der Waals surface area contributed by atoms with Crippen molar-refractivity contribution in [1.29, 1.82) is 0 Å². The van der Waals surface area contributed by atoms with Gasteiger partial charge >= 0.3 is 0 Å². The third kappa shape index (κ3) is 5.14. The van der Waals surface area contributed by atoms with Gasteiger partial charge in [-0.2, -0.15) is 0 Å². The number of hydrogen-bond donors (Lipinski definition) is 1. The molecule has 1 fully saturated rings. The molecule has 0 radical (unpaired) electrons. The third-order valence-corrected chi connectivity index (χ3v) is 5.60. The van der Waals surface area contributed by atoms with E-state index in [0.29, 0.717) is 11.5 Å². The molecule has 1 amide bonds. The van der Waals surface area contributed by atoms with Crippen LogP contribution in [0.4, 0.5) is 0 Å². The number of rotatable bonds is 8.